The maximum absolute atomic E-state index is 12.4. The van der Waals surface area contributed by atoms with Gasteiger partial charge in [0.1, 0.15) is 0 Å². The Morgan fingerprint density at radius 1 is 1.43 bits per heavy atom. The van der Waals surface area contributed by atoms with Gasteiger partial charge in [0.15, 0.2) is 0 Å². The molecule has 5 nitrogen and oxygen atoms in total. The second-order valence-electron chi connectivity index (χ2n) is 5.88. The molecule has 1 atom stereocenters. The van der Waals surface area contributed by atoms with Crippen molar-refractivity contribution < 1.29 is 4.79 Å². The van der Waals surface area contributed by atoms with Crippen LogP contribution in [0.25, 0.3) is 0 Å². The van der Waals surface area contributed by atoms with Crippen molar-refractivity contribution in [3.05, 3.63) is 16.1 Å². The topological polar surface area (TPSA) is 48.5 Å². The molecule has 1 aromatic heterocycles. The van der Waals surface area contributed by atoms with E-state index in [-0.39, 0.29) is 5.92 Å². The highest BCUT2D eigenvalue weighted by Crippen LogP contribution is 2.16. The fraction of sp³-hybridized carbons (Fsp3) is 0.733. The SMILES string of the molecule is CCc1nc(CN2CCN(C(=O)C3CCNC3)CC2)cs1. The molecule has 1 aromatic rings. The van der Waals surface area contributed by atoms with Gasteiger partial charge in [-0.05, 0) is 19.4 Å². The van der Waals surface area contributed by atoms with Crippen molar-refractivity contribution in [2.45, 2.75) is 26.3 Å². The van der Waals surface area contributed by atoms with E-state index in [1.165, 1.54) is 10.7 Å². The molecule has 2 fully saturated rings. The molecule has 0 radical (unpaired) electrons. The van der Waals surface area contributed by atoms with E-state index in [1.54, 1.807) is 11.3 Å². The van der Waals surface area contributed by atoms with Gasteiger partial charge in [-0.1, -0.05) is 6.92 Å². The van der Waals surface area contributed by atoms with Gasteiger partial charge in [-0.2, -0.15) is 0 Å². The van der Waals surface area contributed by atoms with Crippen molar-refractivity contribution in [2.75, 3.05) is 39.3 Å². The molecule has 3 heterocycles. The Labute approximate surface area is 130 Å². The van der Waals surface area contributed by atoms with Crippen LogP contribution in [0.5, 0.6) is 0 Å². The number of thiazole rings is 1. The zero-order valence-electron chi connectivity index (χ0n) is 12.7. The number of carbonyl (C=O) groups is 1. The number of nitrogens with zero attached hydrogens (tertiary/aromatic N) is 3. The van der Waals surface area contributed by atoms with Crippen LogP contribution in [0.2, 0.25) is 0 Å². The molecule has 1 N–H and O–H groups in total. The molecule has 2 aliphatic rings. The van der Waals surface area contributed by atoms with Gasteiger partial charge < -0.3 is 10.2 Å². The van der Waals surface area contributed by atoms with Crippen molar-refractivity contribution in [3.63, 3.8) is 0 Å². The first-order chi connectivity index (χ1) is 10.3. The maximum Gasteiger partial charge on any atom is 0.227 e. The zero-order valence-corrected chi connectivity index (χ0v) is 13.5. The lowest BCUT2D eigenvalue weighted by Crippen LogP contribution is -2.50. The Hall–Kier alpha value is -0.980. The van der Waals surface area contributed by atoms with E-state index < -0.39 is 0 Å². The average molecular weight is 308 g/mol. The summed E-state index contributed by atoms with van der Waals surface area (Å²) in [6, 6.07) is 0. The normalized spacial score (nSPS) is 23.7. The summed E-state index contributed by atoms with van der Waals surface area (Å²) in [6.45, 7) is 8.56. The van der Waals surface area contributed by atoms with Crippen molar-refractivity contribution in [2.24, 2.45) is 5.92 Å². The van der Waals surface area contributed by atoms with Crippen LogP contribution in [-0.4, -0.2) is 60.0 Å². The lowest BCUT2D eigenvalue weighted by atomic mass is 10.1. The summed E-state index contributed by atoms with van der Waals surface area (Å²) < 4.78 is 0. The number of hydrogen-bond donors (Lipinski definition) is 1. The van der Waals surface area contributed by atoms with Crippen molar-refractivity contribution in [1.82, 2.24) is 20.1 Å². The Bertz CT molecular complexity index is 476. The van der Waals surface area contributed by atoms with Gasteiger partial charge >= 0.3 is 0 Å². The van der Waals surface area contributed by atoms with Gasteiger partial charge in [-0.15, -0.1) is 11.3 Å². The van der Waals surface area contributed by atoms with Crippen LogP contribution < -0.4 is 5.32 Å². The number of rotatable bonds is 4. The van der Waals surface area contributed by atoms with Crippen molar-refractivity contribution >= 4 is 17.2 Å². The number of nitrogens with one attached hydrogen (secondary N) is 1. The Morgan fingerprint density at radius 2 is 2.24 bits per heavy atom. The van der Waals surface area contributed by atoms with Crippen LogP contribution in [0.1, 0.15) is 24.0 Å². The molecular weight excluding hydrogens is 284 g/mol. The van der Waals surface area contributed by atoms with Crippen LogP contribution in [0.4, 0.5) is 0 Å². The number of aromatic nitrogens is 1. The second kappa shape index (κ2) is 6.85. The lowest BCUT2D eigenvalue weighted by Gasteiger charge is -2.35. The van der Waals surface area contributed by atoms with E-state index in [2.05, 4.69) is 27.5 Å². The van der Waals surface area contributed by atoms with Crippen LogP contribution in [-0.2, 0) is 17.8 Å². The fourth-order valence-corrected chi connectivity index (χ4v) is 3.80. The Kier molecular flexibility index (Phi) is 4.87. The minimum Gasteiger partial charge on any atom is -0.340 e. The monoisotopic (exact) mass is 308 g/mol. The van der Waals surface area contributed by atoms with Crippen LogP contribution in [0.3, 0.4) is 0 Å². The predicted octanol–water partition coefficient (Wildman–Crippen LogP) is 0.959. The number of piperazine rings is 1. The van der Waals surface area contributed by atoms with E-state index in [1.807, 2.05) is 4.90 Å². The molecule has 3 rings (SSSR count). The van der Waals surface area contributed by atoms with Gasteiger partial charge in [0.05, 0.1) is 16.6 Å². The zero-order chi connectivity index (χ0) is 14.7. The third-order valence-corrected chi connectivity index (χ3v) is 5.42. The first kappa shape index (κ1) is 14.9. The van der Waals surface area contributed by atoms with E-state index in [4.69, 9.17) is 0 Å². The smallest absolute Gasteiger partial charge is 0.227 e. The van der Waals surface area contributed by atoms with E-state index in [0.717, 1.165) is 58.7 Å². The van der Waals surface area contributed by atoms with E-state index in [0.29, 0.717) is 5.91 Å². The summed E-state index contributed by atoms with van der Waals surface area (Å²) in [7, 11) is 0. The van der Waals surface area contributed by atoms with E-state index in [9.17, 15) is 4.79 Å². The molecule has 2 saturated heterocycles. The summed E-state index contributed by atoms with van der Waals surface area (Å²) in [4.78, 5) is 21.4. The number of carbonyl (C=O) groups excluding carboxylic acids is 1. The van der Waals surface area contributed by atoms with Gasteiger partial charge in [0, 0.05) is 44.6 Å². The summed E-state index contributed by atoms with van der Waals surface area (Å²) >= 11 is 1.75. The quantitative estimate of drug-likeness (QED) is 0.900. The first-order valence-electron chi connectivity index (χ1n) is 7.91. The second-order valence-corrected chi connectivity index (χ2v) is 6.82. The highest BCUT2D eigenvalue weighted by molar-refractivity contribution is 7.09. The third-order valence-electron chi connectivity index (χ3n) is 4.38. The molecule has 116 valence electrons. The lowest BCUT2D eigenvalue weighted by molar-refractivity contribution is -0.136. The van der Waals surface area contributed by atoms with Gasteiger partial charge in [-0.25, -0.2) is 4.98 Å². The third kappa shape index (κ3) is 3.62. The van der Waals surface area contributed by atoms with E-state index >= 15 is 0 Å². The highest BCUT2D eigenvalue weighted by atomic mass is 32.1. The molecule has 1 amide bonds. The van der Waals surface area contributed by atoms with Gasteiger partial charge in [0.2, 0.25) is 5.91 Å². The van der Waals surface area contributed by atoms with Crippen molar-refractivity contribution in [1.29, 1.82) is 0 Å². The molecule has 0 aromatic carbocycles. The average Bonchev–Trinajstić information content (AvgIpc) is 3.19. The molecular formula is C15H24N4OS. The predicted molar refractivity (Wildman–Crippen MR) is 84.3 cm³/mol. The highest BCUT2D eigenvalue weighted by Gasteiger charge is 2.29. The minimum absolute atomic E-state index is 0.210. The first-order valence-corrected chi connectivity index (χ1v) is 8.79. The maximum atomic E-state index is 12.4. The van der Waals surface area contributed by atoms with Crippen LogP contribution in [0.15, 0.2) is 5.38 Å². The van der Waals surface area contributed by atoms with Gasteiger partial charge in [0.25, 0.3) is 0 Å². The largest absolute Gasteiger partial charge is 0.340 e. The standard InChI is InChI=1S/C15H24N4OS/c1-2-14-17-13(11-21-14)10-18-5-7-19(8-6-18)15(20)12-3-4-16-9-12/h11-12,16H,2-10H2,1H3. The molecule has 0 bridgehead atoms. The molecule has 6 heteroatoms. The fourth-order valence-electron chi connectivity index (χ4n) is 3.06. The number of amides is 1. The van der Waals surface area contributed by atoms with Crippen LogP contribution in [0, 0.1) is 5.92 Å². The van der Waals surface area contributed by atoms with Gasteiger partial charge in [-0.3, -0.25) is 9.69 Å². The summed E-state index contributed by atoms with van der Waals surface area (Å²) in [5.74, 6) is 0.559. The molecule has 0 saturated carbocycles. The molecule has 21 heavy (non-hydrogen) atoms. The molecule has 0 spiro atoms. The molecule has 0 aliphatic carbocycles. The molecule has 1 unspecified atom stereocenters. The molecule has 2 aliphatic heterocycles. The van der Waals surface area contributed by atoms with Crippen molar-refractivity contribution in [3.8, 4) is 0 Å². The Balaban J connectivity index is 1.47. The Morgan fingerprint density at radius 3 is 2.86 bits per heavy atom. The summed E-state index contributed by atoms with van der Waals surface area (Å²) in [5, 5.41) is 6.66. The number of aryl methyl sites for hydroxylation is 1. The summed E-state index contributed by atoms with van der Waals surface area (Å²) in [6.07, 6.45) is 2.01. The number of hydrogen-bond acceptors (Lipinski definition) is 5. The summed E-state index contributed by atoms with van der Waals surface area (Å²) in [5.41, 5.74) is 1.18. The van der Waals surface area contributed by atoms with Crippen LogP contribution >= 0.6 is 11.3 Å². The minimum atomic E-state index is 0.210.